The van der Waals surface area contributed by atoms with E-state index in [4.69, 9.17) is 10.7 Å². The number of aromatic nitrogens is 2. The molecule has 2 aromatic carbocycles. The van der Waals surface area contributed by atoms with Gasteiger partial charge in [0, 0.05) is 0 Å². The van der Waals surface area contributed by atoms with Crippen molar-refractivity contribution in [1.29, 1.82) is 0 Å². The first-order chi connectivity index (χ1) is 16.0. The molecule has 2 fully saturated rings. The van der Waals surface area contributed by atoms with Gasteiger partial charge in [-0.15, -0.1) is 0 Å². The van der Waals surface area contributed by atoms with Crippen LogP contribution >= 0.6 is 0 Å². The van der Waals surface area contributed by atoms with E-state index >= 15 is 4.39 Å². The van der Waals surface area contributed by atoms with Crippen LogP contribution in [0.5, 0.6) is 0 Å². The summed E-state index contributed by atoms with van der Waals surface area (Å²) in [7, 11) is 0. The maximum atomic E-state index is 15.1. The minimum absolute atomic E-state index is 0.0415. The molecule has 2 N–H and O–H groups in total. The van der Waals surface area contributed by atoms with Crippen LogP contribution in [0, 0.1) is 23.5 Å². The van der Waals surface area contributed by atoms with Gasteiger partial charge in [-0.05, 0) is 61.8 Å². The quantitative estimate of drug-likeness (QED) is 0.493. The number of amides is 1. The van der Waals surface area contributed by atoms with Crippen LogP contribution in [-0.4, -0.2) is 15.5 Å². The number of benzene rings is 2. The van der Waals surface area contributed by atoms with Crippen molar-refractivity contribution in [3.63, 3.8) is 0 Å². The van der Waals surface area contributed by atoms with Gasteiger partial charge in [0.05, 0.1) is 16.6 Å². The van der Waals surface area contributed by atoms with E-state index in [9.17, 15) is 9.18 Å². The second kappa shape index (κ2) is 8.88. The Hall–Kier alpha value is -2.76. The summed E-state index contributed by atoms with van der Waals surface area (Å²) in [5.74, 6) is -1.86. The first kappa shape index (κ1) is 22.1. The van der Waals surface area contributed by atoms with Gasteiger partial charge in [0.25, 0.3) is 0 Å². The smallest absolute Gasteiger partial charge is 0.244 e. The Kier molecular flexibility index (Phi) is 5.94. The van der Waals surface area contributed by atoms with Gasteiger partial charge in [-0.2, -0.15) is 0 Å². The molecule has 0 radical (unpaired) electrons. The zero-order valence-electron chi connectivity index (χ0n) is 18.9. The zero-order chi connectivity index (χ0) is 23.0. The lowest BCUT2D eigenvalue weighted by Gasteiger charge is -2.48. The van der Waals surface area contributed by atoms with Crippen molar-refractivity contribution >= 4 is 16.9 Å². The molecule has 0 aliphatic heterocycles. The highest BCUT2D eigenvalue weighted by molar-refractivity contribution is 5.90. The highest BCUT2D eigenvalue weighted by atomic mass is 19.2. The van der Waals surface area contributed by atoms with E-state index in [1.54, 1.807) is 6.07 Å². The summed E-state index contributed by atoms with van der Waals surface area (Å²) in [5, 5.41) is 0. The van der Waals surface area contributed by atoms with Crippen LogP contribution in [0.2, 0.25) is 0 Å². The number of carbonyl (C=O) groups is 1. The van der Waals surface area contributed by atoms with Crippen LogP contribution < -0.4 is 5.73 Å². The van der Waals surface area contributed by atoms with Crippen molar-refractivity contribution in [1.82, 2.24) is 9.55 Å². The molecule has 6 heteroatoms. The second-order valence-corrected chi connectivity index (χ2v) is 9.72. The summed E-state index contributed by atoms with van der Waals surface area (Å²) in [6.07, 6.45) is 10.1. The molecule has 5 rings (SSSR count). The zero-order valence-corrected chi connectivity index (χ0v) is 18.9. The van der Waals surface area contributed by atoms with E-state index in [-0.39, 0.29) is 23.3 Å². The van der Waals surface area contributed by atoms with E-state index < -0.39 is 17.2 Å². The number of nitrogens with two attached hydrogens (primary N) is 1. The number of primary amides is 1. The van der Waals surface area contributed by atoms with Crippen LogP contribution in [0.15, 0.2) is 42.5 Å². The Labute approximate surface area is 193 Å². The van der Waals surface area contributed by atoms with Crippen molar-refractivity contribution in [2.24, 2.45) is 17.6 Å². The molecule has 174 valence electrons. The van der Waals surface area contributed by atoms with E-state index in [2.05, 4.69) is 0 Å². The fourth-order valence-corrected chi connectivity index (χ4v) is 6.55. The summed E-state index contributed by atoms with van der Waals surface area (Å²) < 4.78 is 31.4. The van der Waals surface area contributed by atoms with Crippen molar-refractivity contribution in [3.8, 4) is 11.4 Å². The van der Waals surface area contributed by atoms with Gasteiger partial charge in [0.15, 0.2) is 11.6 Å². The molecule has 2 aliphatic carbocycles. The SMILES string of the molecule is NC(=O)C(C1CCCCC1)(C1CCCCC1)n1c(-c2cccc(F)c2F)nc2ccccc21. The number of carbonyl (C=O) groups excluding carboxylic acids is 1. The minimum Gasteiger partial charge on any atom is -0.368 e. The molecule has 2 aliphatic rings. The average molecular weight is 452 g/mol. The Bertz CT molecular complexity index is 1140. The standard InChI is InChI=1S/C27H31F2N3O/c28-21-15-9-14-20(24(21)29)25-31-22-16-7-8-17-23(22)32(25)27(26(30)33,18-10-3-1-4-11-18)19-12-5-2-6-13-19/h7-9,14-19H,1-6,10-13H2,(H2,30,33). The largest absolute Gasteiger partial charge is 0.368 e. The fourth-order valence-electron chi connectivity index (χ4n) is 6.55. The number of hydrogen-bond donors (Lipinski definition) is 1. The Balaban J connectivity index is 1.86. The lowest BCUT2D eigenvalue weighted by molar-refractivity contribution is -0.135. The fraction of sp³-hybridized carbons (Fsp3) is 0.481. The molecule has 1 heterocycles. The predicted octanol–water partition coefficient (Wildman–Crippen LogP) is 6.32. The molecule has 1 aromatic heterocycles. The summed E-state index contributed by atoms with van der Waals surface area (Å²) in [4.78, 5) is 18.5. The number of fused-ring (bicyclic) bond motifs is 1. The number of para-hydroxylation sites is 2. The van der Waals surface area contributed by atoms with Gasteiger partial charge in [-0.25, -0.2) is 13.8 Å². The molecule has 0 saturated heterocycles. The average Bonchev–Trinajstić information content (AvgIpc) is 3.22. The highest BCUT2D eigenvalue weighted by Gasteiger charge is 2.53. The van der Waals surface area contributed by atoms with Gasteiger partial charge in [-0.1, -0.05) is 56.7 Å². The first-order valence-corrected chi connectivity index (χ1v) is 12.3. The van der Waals surface area contributed by atoms with Gasteiger partial charge in [-0.3, -0.25) is 4.79 Å². The molecule has 0 bridgehead atoms. The third-order valence-corrected chi connectivity index (χ3v) is 7.97. The van der Waals surface area contributed by atoms with Crippen LogP contribution in [0.4, 0.5) is 8.78 Å². The normalized spacial score (nSPS) is 18.6. The minimum atomic E-state index is -1.02. The molecular weight excluding hydrogens is 420 g/mol. The molecule has 1 amide bonds. The second-order valence-electron chi connectivity index (χ2n) is 9.72. The number of hydrogen-bond acceptors (Lipinski definition) is 2. The van der Waals surface area contributed by atoms with Crippen LogP contribution in [0.1, 0.15) is 64.2 Å². The van der Waals surface area contributed by atoms with E-state index in [1.165, 1.54) is 6.07 Å². The van der Waals surface area contributed by atoms with Gasteiger partial charge >= 0.3 is 0 Å². The van der Waals surface area contributed by atoms with E-state index in [0.717, 1.165) is 75.8 Å². The molecule has 3 aromatic rings. The van der Waals surface area contributed by atoms with Gasteiger partial charge < -0.3 is 10.3 Å². The summed E-state index contributed by atoms with van der Waals surface area (Å²) in [5.41, 5.74) is 6.84. The van der Waals surface area contributed by atoms with Gasteiger partial charge in [0.1, 0.15) is 11.4 Å². The Morgan fingerprint density at radius 1 is 0.879 bits per heavy atom. The maximum Gasteiger partial charge on any atom is 0.244 e. The van der Waals surface area contributed by atoms with Gasteiger partial charge in [0.2, 0.25) is 5.91 Å². The third-order valence-electron chi connectivity index (χ3n) is 7.97. The molecule has 33 heavy (non-hydrogen) atoms. The predicted molar refractivity (Wildman–Crippen MR) is 125 cm³/mol. The maximum absolute atomic E-state index is 15.1. The molecule has 2 saturated carbocycles. The van der Waals surface area contributed by atoms with Crippen molar-refractivity contribution in [2.75, 3.05) is 0 Å². The third kappa shape index (κ3) is 3.54. The number of nitrogens with zero attached hydrogens (tertiary/aromatic N) is 2. The van der Waals surface area contributed by atoms with Crippen LogP contribution in [0.3, 0.4) is 0 Å². The Morgan fingerprint density at radius 2 is 1.48 bits per heavy atom. The lowest BCUT2D eigenvalue weighted by atomic mass is 9.63. The lowest BCUT2D eigenvalue weighted by Crippen LogP contribution is -2.58. The molecule has 4 nitrogen and oxygen atoms in total. The molecule has 0 spiro atoms. The highest BCUT2D eigenvalue weighted by Crippen LogP contribution is 2.50. The molecular formula is C27H31F2N3O. The number of rotatable bonds is 5. The molecule has 0 unspecified atom stereocenters. The van der Waals surface area contributed by atoms with E-state index in [1.807, 2.05) is 28.8 Å². The Morgan fingerprint density at radius 3 is 2.09 bits per heavy atom. The van der Waals surface area contributed by atoms with Crippen molar-refractivity contribution in [3.05, 3.63) is 54.1 Å². The van der Waals surface area contributed by atoms with Crippen molar-refractivity contribution in [2.45, 2.75) is 69.7 Å². The van der Waals surface area contributed by atoms with E-state index in [0.29, 0.717) is 11.3 Å². The topological polar surface area (TPSA) is 60.9 Å². The van der Waals surface area contributed by atoms with Crippen LogP contribution in [-0.2, 0) is 10.3 Å². The monoisotopic (exact) mass is 451 g/mol. The summed E-state index contributed by atoms with van der Waals surface area (Å²) in [6, 6.07) is 11.7. The molecule has 0 atom stereocenters. The summed E-state index contributed by atoms with van der Waals surface area (Å²) >= 11 is 0. The first-order valence-electron chi connectivity index (χ1n) is 12.3. The van der Waals surface area contributed by atoms with Crippen molar-refractivity contribution < 1.29 is 13.6 Å². The number of halogens is 2. The summed E-state index contributed by atoms with van der Waals surface area (Å²) in [6.45, 7) is 0. The number of imidazole rings is 1. The van der Waals surface area contributed by atoms with Crippen LogP contribution in [0.25, 0.3) is 22.4 Å².